The van der Waals surface area contributed by atoms with Gasteiger partial charge in [0.15, 0.2) is 11.6 Å². The van der Waals surface area contributed by atoms with Crippen LogP contribution >= 0.6 is 0 Å². The molecule has 0 heterocycles. The summed E-state index contributed by atoms with van der Waals surface area (Å²) in [6.45, 7) is 4.40. The van der Waals surface area contributed by atoms with Crippen molar-refractivity contribution in [1.29, 1.82) is 0 Å². The van der Waals surface area contributed by atoms with E-state index in [1.165, 1.54) is 6.07 Å². The van der Waals surface area contributed by atoms with E-state index < -0.39 is 11.6 Å². The molecule has 1 rings (SSSR count). The standard InChI is InChI=1S/C13H20F2N2O/c1-3-17(6-7-18-2)13(9-16)10-4-5-11(14)12(15)8-10/h4-5,8,13H,3,6-7,9,16H2,1-2H3. The lowest BCUT2D eigenvalue weighted by Crippen LogP contribution is -2.36. The first-order valence-corrected chi connectivity index (χ1v) is 6.02. The number of likely N-dealkylation sites (N-methyl/N-ethyl adjacent to an activating group) is 1. The number of benzene rings is 1. The second kappa shape index (κ2) is 7.41. The van der Waals surface area contributed by atoms with E-state index in [0.29, 0.717) is 25.3 Å². The smallest absolute Gasteiger partial charge is 0.159 e. The van der Waals surface area contributed by atoms with Crippen LogP contribution in [-0.2, 0) is 4.74 Å². The minimum absolute atomic E-state index is 0.125. The van der Waals surface area contributed by atoms with E-state index in [2.05, 4.69) is 4.90 Å². The Morgan fingerprint density at radius 2 is 2.06 bits per heavy atom. The molecule has 1 aromatic carbocycles. The highest BCUT2D eigenvalue weighted by Crippen LogP contribution is 2.21. The molecule has 0 aliphatic rings. The maximum absolute atomic E-state index is 13.2. The molecule has 0 saturated heterocycles. The second-order valence-corrected chi connectivity index (χ2v) is 4.05. The van der Waals surface area contributed by atoms with E-state index in [-0.39, 0.29) is 6.04 Å². The quantitative estimate of drug-likeness (QED) is 0.812. The molecule has 102 valence electrons. The first-order valence-electron chi connectivity index (χ1n) is 6.02. The summed E-state index contributed by atoms with van der Waals surface area (Å²) in [5, 5.41) is 0. The van der Waals surface area contributed by atoms with Crippen molar-refractivity contribution in [2.24, 2.45) is 5.73 Å². The summed E-state index contributed by atoms with van der Waals surface area (Å²) < 4.78 is 31.2. The molecular formula is C13H20F2N2O. The van der Waals surface area contributed by atoms with E-state index in [4.69, 9.17) is 10.5 Å². The summed E-state index contributed by atoms with van der Waals surface area (Å²) in [5.74, 6) is -1.68. The lowest BCUT2D eigenvalue weighted by Gasteiger charge is -2.30. The van der Waals surface area contributed by atoms with Gasteiger partial charge >= 0.3 is 0 Å². The summed E-state index contributed by atoms with van der Waals surface area (Å²) in [6, 6.07) is 3.80. The van der Waals surface area contributed by atoms with E-state index in [1.54, 1.807) is 13.2 Å². The van der Waals surface area contributed by atoms with Crippen LogP contribution in [0.3, 0.4) is 0 Å². The number of nitrogens with two attached hydrogens (primary N) is 1. The van der Waals surface area contributed by atoms with E-state index in [0.717, 1.165) is 12.6 Å². The predicted molar refractivity (Wildman–Crippen MR) is 67.3 cm³/mol. The number of nitrogens with zero attached hydrogens (tertiary/aromatic N) is 1. The number of hydrogen-bond donors (Lipinski definition) is 1. The zero-order valence-corrected chi connectivity index (χ0v) is 10.8. The topological polar surface area (TPSA) is 38.5 Å². The monoisotopic (exact) mass is 258 g/mol. The molecule has 0 aromatic heterocycles. The van der Waals surface area contributed by atoms with Crippen LogP contribution in [-0.4, -0.2) is 38.3 Å². The third-order valence-electron chi connectivity index (χ3n) is 2.98. The summed E-state index contributed by atoms with van der Waals surface area (Å²) in [5.41, 5.74) is 6.43. The molecule has 1 aromatic rings. The van der Waals surface area contributed by atoms with Gasteiger partial charge in [0, 0.05) is 26.2 Å². The molecule has 1 unspecified atom stereocenters. The van der Waals surface area contributed by atoms with Crippen LogP contribution < -0.4 is 5.73 Å². The molecule has 18 heavy (non-hydrogen) atoms. The van der Waals surface area contributed by atoms with Gasteiger partial charge in [-0.3, -0.25) is 4.90 Å². The van der Waals surface area contributed by atoms with Crippen molar-refractivity contribution in [1.82, 2.24) is 4.90 Å². The zero-order chi connectivity index (χ0) is 13.5. The third-order valence-corrected chi connectivity index (χ3v) is 2.98. The van der Waals surface area contributed by atoms with Crippen LogP contribution in [0.2, 0.25) is 0 Å². The minimum Gasteiger partial charge on any atom is -0.383 e. The predicted octanol–water partition coefficient (Wildman–Crippen LogP) is 1.93. The normalized spacial score (nSPS) is 13.0. The van der Waals surface area contributed by atoms with Gasteiger partial charge in [-0.15, -0.1) is 0 Å². The molecule has 0 amide bonds. The number of rotatable bonds is 7. The molecule has 0 aliphatic carbocycles. The highest BCUT2D eigenvalue weighted by molar-refractivity contribution is 5.21. The van der Waals surface area contributed by atoms with Crippen LogP contribution in [0.25, 0.3) is 0 Å². The SMILES string of the molecule is CCN(CCOC)C(CN)c1ccc(F)c(F)c1. The summed E-state index contributed by atoms with van der Waals surface area (Å²) >= 11 is 0. The first-order chi connectivity index (χ1) is 8.63. The second-order valence-electron chi connectivity index (χ2n) is 4.05. The number of hydrogen-bond acceptors (Lipinski definition) is 3. The summed E-state index contributed by atoms with van der Waals surface area (Å²) in [7, 11) is 1.63. The molecular weight excluding hydrogens is 238 g/mol. The van der Waals surface area contributed by atoms with Gasteiger partial charge in [0.05, 0.1) is 6.61 Å². The fourth-order valence-corrected chi connectivity index (χ4v) is 1.96. The van der Waals surface area contributed by atoms with Crippen LogP contribution in [0.4, 0.5) is 8.78 Å². The Kier molecular flexibility index (Phi) is 6.18. The number of methoxy groups -OCH3 is 1. The van der Waals surface area contributed by atoms with Crippen LogP contribution in [0.15, 0.2) is 18.2 Å². The van der Waals surface area contributed by atoms with E-state index in [9.17, 15) is 8.78 Å². The highest BCUT2D eigenvalue weighted by atomic mass is 19.2. The number of ether oxygens (including phenoxy) is 1. The maximum atomic E-state index is 13.2. The molecule has 0 spiro atoms. The molecule has 3 nitrogen and oxygen atoms in total. The molecule has 0 aliphatic heterocycles. The van der Waals surface area contributed by atoms with E-state index >= 15 is 0 Å². The fourth-order valence-electron chi connectivity index (χ4n) is 1.96. The van der Waals surface area contributed by atoms with Crippen LogP contribution in [0.1, 0.15) is 18.5 Å². The Balaban J connectivity index is 2.88. The van der Waals surface area contributed by atoms with Gasteiger partial charge in [-0.25, -0.2) is 8.78 Å². The van der Waals surface area contributed by atoms with Crippen molar-refractivity contribution >= 4 is 0 Å². The van der Waals surface area contributed by atoms with Crippen molar-refractivity contribution in [3.63, 3.8) is 0 Å². The van der Waals surface area contributed by atoms with Crippen LogP contribution in [0.5, 0.6) is 0 Å². The van der Waals surface area contributed by atoms with Gasteiger partial charge < -0.3 is 10.5 Å². The Morgan fingerprint density at radius 1 is 1.33 bits per heavy atom. The van der Waals surface area contributed by atoms with Crippen molar-refractivity contribution in [3.8, 4) is 0 Å². The van der Waals surface area contributed by atoms with Gasteiger partial charge in [0.2, 0.25) is 0 Å². The average molecular weight is 258 g/mol. The molecule has 0 fully saturated rings. The van der Waals surface area contributed by atoms with Crippen molar-refractivity contribution in [2.45, 2.75) is 13.0 Å². The Hall–Kier alpha value is -1.04. The van der Waals surface area contributed by atoms with Gasteiger partial charge in [-0.2, -0.15) is 0 Å². The third kappa shape index (κ3) is 3.73. The molecule has 1 atom stereocenters. The largest absolute Gasteiger partial charge is 0.383 e. The molecule has 0 bridgehead atoms. The van der Waals surface area contributed by atoms with Gasteiger partial charge in [0.25, 0.3) is 0 Å². The summed E-state index contributed by atoms with van der Waals surface area (Å²) in [6.07, 6.45) is 0. The number of halogens is 2. The summed E-state index contributed by atoms with van der Waals surface area (Å²) in [4.78, 5) is 2.08. The molecule has 0 saturated carbocycles. The fraction of sp³-hybridized carbons (Fsp3) is 0.538. The van der Waals surface area contributed by atoms with Crippen LogP contribution in [0, 0.1) is 11.6 Å². The molecule has 2 N–H and O–H groups in total. The Labute approximate surface area is 107 Å². The lowest BCUT2D eigenvalue weighted by atomic mass is 10.0. The van der Waals surface area contributed by atoms with Gasteiger partial charge in [-0.1, -0.05) is 13.0 Å². The molecule has 0 radical (unpaired) electrons. The van der Waals surface area contributed by atoms with Crippen molar-refractivity contribution in [2.75, 3.05) is 33.4 Å². The maximum Gasteiger partial charge on any atom is 0.159 e. The van der Waals surface area contributed by atoms with E-state index in [1.807, 2.05) is 6.92 Å². The zero-order valence-electron chi connectivity index (χ0n) is 10.8. The average Bonchev–Trinajstić information content (AvgIpc) is 2.38. The molecule has 5 heteroatoms. The minimum atomic E-state index is -0.839. The van der Waals surface area contributed by atoms with Crippen molar-refractivity contribution in [3.05, 3.63) is 35.4 Å². The highest BCUT2D eigenvalue weighted by Gasteiger charge is 2.18. The van der Waals surface area contributed by atoms with Gasteiger partial charge in [-0.05, 0) is 24.2 Å². The van der Waals surface area contributed by atoms with Gasteiger partial charge in [0.1, 0.15) is 0 Å². The Bertz CT molecular complexity index is 374. The first kappa shape index (κ1) is 15.0. The Morgan fingerprint density at radius 3 is 2.56 bits per heavy atom. The lowest BCUT2D eigenvalue weighted by molar-refractivity contribution is 0.125. The van der Waals surface area contributed by atoms with Crippen molar-refractivity contribution < 1.29 is 13.5 Å².